The van der Waals surface area contributed by atoms with Gasteiger partial charge < -0.3 is 14.6 Å². The second kappa shape index (κ2) is 9.51. The Balaban J connectivity index is 1.71. The number of hydrogen-bond donors (Lipinski definition) is 1. The van der Waals surface area contributed by atoms with Crippen LogP contribution in [-0.4, -0.2) is 42.8 Å². The molecule has 1 aliphatic heterocycles. The highest BCUT2D eigenvalue weighted by Crippen LogP contribution is 2.39. The van der Waals surface area contributed by atoms with Crippen LogP contribution in [0.15, 0.2) is 42.5 Å². The molecule has 3 rings (SSSR count). The van der Waals surface area contributed by atoms with Crippen LogP contribution < -0.4 is 4.74 Å². The first-order valence-corrected chi connectivity index (χ1v) is 10.3. The van der Waals surface area contributed by atoms with Gasteiger partial charge in [-0.1, -0.05) is 35.9 Å². The Labute approximate surface area is 177 Å². The average molecular weight is 418 g/mol. The van der Waals surface area contributed by atoms with Crippen molar-refractivity contribution in [3.63, 3.8) is 0 Å². The van der Waals surface area contributed by atoms with Gasteiger partial charge in [-0.15, -0.1) is 0 Å². The van der Waals surface area contributed by atoms with E-state index in [9.17, 15) is 9.90 Å². The molecule has 0 radical (unpaired) electrons. The summed E-state index contributed by atoms with van der Waals surface area (Å²) in [5.41, 5.74) is 1.44. The molecule has 0 amide bonds. The number of phenols is 1. The van der Waals surface area contributed by atoms with Crippen LogP contribution >= 0.6 is 11.6 Å². The van der Waals surface area contributed by atoms with Crippen molar-refractivity contribution in [2.24, 2.45) is 5.41 Å². The maximum Gasteiger partial charge on any atom is 0.312 e. The van der Waals surface area contributed by atoms with Crippen molar-refractivity contribution < 1.29 is 19.4 Å². The summed E-state index contributed by atoms with van der Waals surface area (Å²) in [7, 11) is 1.54. The molecule has 0 spiro atoms. The summed E-state index contributed by atoms with van der Waals surface area (Å²) in [6, 6.07) is 13.2. The highest BCUT2D eigenvalue weighted by molar-refractivity contribution is 6.31. The number of carbonyl (C=O) groups excluding carboxylic acids is 1. The molecule has 5 nitrogen and oxygen atoms in total. The number of likely N-dealkylation sites (tertiary alicyclic amines) is 1. The van der Waals surface area contributed by atoms with Crippen molar-refractivity contribution in [2.45, 2.75) is 32.7 Å². The summed E-state index contributed by atoms with van der Waals surface area (Å²) in [5, 5.41) is 10.7. The van der Waals surface area contributed by atoms with E-state index in [1.807, 2.05) is 37.3 Å². The van der Waals surface area contributed by atoms with E-state index in [2.05, 4.69) is 4.90 Å². The molecule has 6 heteroatoms. The minimum absolute atomic E-state index is 0.137. The zero-order chi connectivity index (χ0) is 20.9. The number of benzene rings is 2. The van der Waals surface area contributed by atoms with E-state index in [1.165, 1.54) is 7.11 Å². The van der Waals surface area contributed by atoms with Gasteiger partial charge in [0.25, 0.3) is 0 Å². The Morgan fingerprint density at radius 3 is 2.55 bits per heavy atom. The quantitative estimate of drug-likeness (QED) is 0.675. The molecule has 0 unspecified atom stereocenters. The first-order valence-electron chi connectivity index (χ1n) is 9.96. The van der Waals surface area contributed by atoms with Crippen molar-refractivity contribution in [3.8, 4) is 11.5 Å². The van der Waals surface area contributed by atoms with E-state index in [-0.39, 0.29) is 11.7 Å². The number of esters is 1. The van der Waals surface area contributed by atoms with E-state index in [4.69, 9.17) is 21.1 Å². The number of methoxy groups -OCH3 is 1. The standard InChI is InChI=1S/C23H28ClNO4/c1-3-29-22(27)23(15-18-6-4-5-7-19(18)24)10-12-25(13-11-23)16-17-8-9-21(28-2)20(26)14-17/h4-9,14,26H,3,10-13,15-16H2,1-2H3. The number of piperidine rings is 1. The second-order valence-corrected chi connectivity index (χ2v) is 7.96. The fourth-order valence-electron chi connectivity index (χ4n) is 3.97. The van der Waals surface area contributed by atoms with E-state index in [1.54, 1.807) is 12.1 Å². The number of nitrogens with zero attached hydrogens (tertiary/aromatic N) is 1. The molecule has 0 aromatic heterocycles. The molecule has 0 atom stereocenters. The lowest BCUT2D eigenvalue weighted by molar-refractivity contribution is -0.158. The van der Waals surface area contributed by atoms with Gasteiger partial charge in [-0.2, -0.15) is 0 Å². The van der Waals surface area contributed by atoms with Gasteiger partial charge in [-0.25, -0.2) is 0 Å². The number of phenolic OH excluding ortho intramolecular Hbond substituents is 1. The first-order chi connectivity index (χ1) is 14.0. The Morgan fingerprint density at radius 2 is 1.93 bits per heavy atom. The van der Waals surface area contributed by atoms with Crippen molar-refractivity contribution in [1.82, 2.24) is 4.90 Å². The van der Waals surface area contributed by atoms with Crippen LogP contribution in [0.4, 0.5) is 0 Å². The summed E-state index contributed by atoms with van der Waals surface area (Å²) in [6.07, 6.45) is 2.00. The minimum atomic E-state index is -0.556. The number of carbonyl (C=O) groups is 1. The number of halogens is 1. The van der Waals surface area contributed by atoms with E-state index in [0.717, 1.165) is 24.2 Å². The fraction of sp³-hybridized carbons (Fsp3) is 0.435. The number of aromatic hydroxyl groups is 1. The second-order valence-electron chi connectivity index (χ2n) is 7.55. The third-order valence-electron chi connectivity index (χ3n) is 5.66. The monoisotopic (exact) mass is 417 g/mol. The molecular weight excluding hydrogens is 390 g/mol. The van der Waals surface area contributed by atoms with Crippen LogP contribution in [0.25, 0.3) is 0 Å². The van der Waals surface area contributed by atoms with Crippen molar-refractivity contribution in [1.29, 1.82) is 0 Å². The molecule has 1 heterocycles. The first kappa shape index (κ1) is 21.5. The Hall–Kier alpha value is -2.24. The van der Waals surface area contributed by atoms with Crippen LogP contribution in [0.2, 0.25) is 5.02 Å². The number of hydrogen-bond acceptors (Lipinski definition) is 5. The summed E-state index contributed by atoms with van der Waals surface area (Å²) < 4.78 is 10.6. The Bertz CT molecular complexity index is 847. The van der Waals surface area contributed by atoms with Crippen LogP contribution in [0, 0.1) is 5.41 Å². The zero-order valence-electron chi connectivity index (χ0n) is 17.0. The molecule has 1 N–H and O–H groups in total. The van der Waals surface area contributed by atoms with E-state index < -0.39 is 5.41 Å². The van der Waals surface area contributed by atoms with Crippen molar-refractivity contribution >= 4 is 17.6 Å². The fourth-order valence-corrected chi connectivity index (χ4v) is 4.18. The molecule has 0 aliphatic carbocycles. The van der Waals surface area contributed by atoms with Gasteiger partial charge >= 0.3 is 5.97 Å². The highest BCUT2D eigenvalue weighted by atomic mass is 35.5. The lowest BCUT2D eigenvalue weighted by Gasteiger charge is -2.40. The summed E-state index contributed by atoms with van der Waals surface area (Å²) >= 11 is 6.37. The molecular formula is C23H28ClNO4. The van der Waals surface area contributed by atoms with Gasteiger partial charge in [0.1, 0.15) is 0 Å². The lowest BCUT2D eigenvalue weighted by atomic mass is 9.73. The smallest absolute Gasteiger partial charge is 0.312 e. The molecule has 156 valence electrons. The highest BCUT2D eigenvalue weighted by Gasteiger charge is 2.43. The summed E-state index contributed by atoms with van der Waals surface area (Å²) in [6.45, 7) is 4.47. The summed E-state index contributed by atoms with van der Waals surface area (Å²) in [4.78, 5) is 15.2. The molecule has 0 saturated carbocycles. The maximum absolute atomic E-state index is 12.9. The molecule has 29 heavy (non-hydrogen) atoms. The van der Waals surface area contributed by atoms with Gasteiger partial charge in [-0.05, 0) is 68.6 Å². The van der Waals surface area contributed by atoms with Crippen LogP contribution in [0.1, 0.15) is 30.9 Å². The van der Waals surface area contributed by atoms with Crippen LogP contribution in [0.3, 0.4) is 0 Å². The SMILES string of the molecule is CCOC(=O)C1(Cc2ccccc2Cl)CCN(Cc2ccc(OC)c(O)c2)CC1. The van der Waals surface area contributed by atoms with Gasteiger partial charge in [0, 0.05) is 11.6 Å². The predicted octanol–water partition coefficient (Wildman–Crippen LogP) is 4.44. The van der Waals surface area contributed by atoms with Gasteiger partial charge in [-0.3, -0.25) is 9.69 Å². The summed E-state index contributed by atoms with van der Waals surface area (Å²) in [5.74, 6) is 0.469. The Kier molecular flexibility index (Phi) is 7.04. The third-order valence-corrected chi connectivity index (χ3v) is 6.03. The van der Waals surface area contributed by atoms with E-state index >= 15 is 0 Å². The lowest BCUT2D eigenvalue weighted by Crippen LogP contribution is -2.46. The van der Waals surface area contributed by atoms with Gasteiger partial charge in [0.05, 0.1) is 19.1 Å². The van der Waals surface area contributed by atoms with Gasteiger partial charge in [0.2, 0.25) is 0 Å². The topological polar surface area (TPSA) is 59.0 Å². The molecule has 2 aromatic rings. The molecule has 1 fully saturated rings. The zero-order valence-corrected chi connectivity index (χ0v) is 17.7. The number of rotatable bonds is 7. The molecule has 1 saturated heterocycles. The Morgan fingerprint density at radius 1 is 1.21 bits per heavy atom. The molecule has 2 aromatic carbocycles. The molecule has 1 aliphatic rings. The van der Waals surface area contributed by atoms with Gasteiger partial charge in [0.15, 0.2) is 11.5 Å². The number of ether oxygens (including phenoxy) is 2. The third kappa shape index (κ3) is 5.03. The largest absolute Gasteiger partial charge is 0.504 e. The maximum atomic E-state index is 12.9. The molecule has 0 bridgehead atoms. The van der Waals surface area contributed by atoms with Crippen molar-refractivity contribution in [3.05, 3.63) is 58.6 Å². The normalized spacial score (nSPS) is 16.4. The van der Waals surface area contributed by atoms with Crippen LogP contribution in [-0.2, 0) is 22.5 Å². The van der Waals surface area contributed by atoms with Crippen LogP contribution in [0.5, 0.6) is 11.5 Å². The predicted molar refractivity (Wildman–Crippen MR) is 113 cm³/mol. The van der Waals surface area contributed by atoms with E-state index in [0.29, 0.717) is 43.2 Å². The average Bonchev–Trinajstić information content (AvgIpc) is 2.71. The minimum Gasteiger partial charge on any atom is -0.504 e. The van der Waals surface area contributed by atoms with Crippen molar-refractivity contribution in [2.75, 3.05) is 26.8 Å².